The summed E-state index contributed by atoms with van der Waals surface area (Å²) in [5.41, 5.74) is 1.43. The van der Waals surface area contributed by atoms with Crippen LogP contribution < -0.4 is 11.3 Å². The standard InChI is InChI=1S/C11H14N4O2/c1-11(2)3-6-7(4-16-11)17-10-8(6)9(12)15(13)5-14-10/h5,12H,3-4,13H2,1-2H3. The first kappa shape index (κ1) is 10.3. The van der Waals surface area contributed by atoms with E-state index in [0.29, 0.717) is 24.1 Å². The fraction of sp³-hybridized carbons (Fsp3) is 0.455. The summed E-state index contributed by atoms with van der Waals surface area (Å²) >= 11 is 0. The molecular formula is C11H14N4O2. The van der Waals surface area contributed by atoms with Gasteiger partial charge in [0.1, 0.15) is 18.7 Å². The average molecular weight is 234 g/mol. The highest BCUT2D eigenvalue weighted by atomic mass is 16.5. The molecule has 0 amide bonds. The van der Waals surface area contributed by atoms with Crippen molar-refractivity contribution < 1.29 is 9.15 Å². The van der Waals surface area contributed by atoms with Gasteiger partial charge in [-0.2, -0.15) is 0 Å². The zero-order chi connectivity index (χ0) is 12.2. The molecule has 0 saturated heterocycles. The van der Waals surface area contributed by atoms with E-state index in [-0.39, 0.29) is 11.1 Å². The number of nitrogens with zero attached hydrogens (tertiary/aromatic N) is 2. The molecule has 6 heteroatoms. The van der Waals surface area contributed by atoms with Gasteiger partial charge < -0.3 is 15.0 Å². The van der Waals surface area contributed by atoms with E-state index >= 15 is 0 Å². The SMILES string of the molecule is CC1(C)Cc2c(oc3ncn(N)c(=N)c23)CO1. The van der Waals surface area contributed by atoms with Gasteiger partial charge in [-0.1, -0.05) is 0 Å². The Kier molecular flexibility index (Phi) is 1.89. The Balaban J connectivity index is 2.34. The van der Waals surface area contributed by atoms with E-state index in [9.17, 15) is 0 Å². The van der Waals surface area contributed by atoms with Crippen molar-refractivity contribution >= 4 is 11.1 Å². The van der Waals surface area contributed by atoms with Crippen molar-refractivity contribution in [2.24, 2.45) is 0 Å². The van der Waals surface area contributed by atoms with Gasteiger partial charge in [-0.25, -0.2) is 9.66 Å². The minimum absolute atomic E-state index is 0.220. The molecule has 2 aromatic heterocycles. The van der Waals surface area contributed by atoms with Crippen LogP contribution >= 0.6 is 0 Å². The van der Waals surface area contributed by atoms with Crippen molar-refractivity contribution in [3.05, 3.63) is 23.1 Å². The molecule has 6 nitrogen and oxygen atoms in total. The number of rotatable bonds is 0. The zero-order valence-corrected chi connectivity index (χ0v) is 9.78. The molecule has 0 atom stereocenters. The number of furan rings is 1. The van der Waals surface area contributed by atoms with Crippen LogP contribution in [0.1, 0.15) is 25.2 Å². The van der Waals surface area contributed by atoms with Gasteiger partial charge in [0, 0.05) is 12.0 Å². The topological polar surface area (TPSA) is 90.1 Å². The van der Waals surface area contributed by atoms with Crippen LogP contribution in [0.2, 0.25) is 0 Å². The minimum atomic E-state index is -0.245. The lowest BCUT2D eigenvalue weighted by atomic mass is 9.94. The lowest BCUT2D eigenvalue weighted by Crippen LogP contribution is -2.33. The van der Waals surface area contributed by atoms with Gasteiger partial charge in [0.2, 0.25) is 5.71 Å². The molecule has 0 saturated carbocycles. The van der Waals surface area contributed by atoms with Crippen LogP contribution in [0.25, 0.3) is 11.1 Å². The first-order valence-electron chi connectivity index (χ1n) is 5.43. The number of hydrogen-bond acceptors (Lipinski definition) is 5. The Morgan fingerprint density at radius 2 is 2.29 bits per heavy atom. The highest BCUT2D eigenvalue weighted by Crippen LogP contribution is 2.32. The second-order valence-electron chi connectivity index (χ2n) is 4.91. The van der Waals surface area contributed by atoms with Crippen molar-refractivity contribution in [2.75, 3.05) is 5.84 Å². The van der Waals surface area contributed by atoms with Crippen LogP contribution in [0.15, 0.2) is 10.7 Å². The summed E-state index contributed by atoms with van der Waals surface area (Å²) in [4.78, 5) is 4.09. The van der Waals surface area contributed by atoms with Crippen LogP contribution in [-0.4, -0.2) is 15.3 Å². The van der Waals surface area contributed by atoms with Gasteiger partial charge in [-0.05, 0) is 13.8 Å². The van der Waals surface area contributed by atoms with Crippen LogP contribution in [0.5, 0.6) is 0 Å². The Morgan fingerprint density at radius 1 is 1.53 bits per heavy atom. The molecular weight excluding hydrogens is 220 g/mol. The monoisotopic (exact) mass is 234 g/mol. The number of nitrogen functional groups attached to an aromatic ring is 1. The molecule has 90 valence electrons. The molecule has 0 unspecified atom stereocenters. The van der Waals surface area contributed by atoms with Crippen molar-refractivity contribution in [1.29, 1.82) is 5.41 Å². The number of hydrogen-bond donors (Lipinski definition) is 2. The van der Waals surface area contributed by atoms with Gasteiger partial charge in [0.05, 0.1) is 11.0 Å². The van der Waals surface area contributed by atoms with Gasteiger partial charge in [0.15, 0.2) is 5.49 Å². The molecule has 0 radical (unpaired) electrons. The van der Waals surface area contributed by atoms with Crippen LogP contribution in [0.4, 0.5) is 0 Å². The molecule has 2 aromatic rings. The summed E-state index contributed by atoms with van der Waals surface area (Å²) in [6.45, 7) is 4.46. The van der Waals surface area contributed by atoms with E-state index in [4.69, 9.17) is 20.4 Å². The second kappa shape index (κ2) is 3.10. The average Bonchev–Trinajstić information content (AvgIpc) is 2.60. The number of ether oxygens (including phenoxy) is 1. The maximum Gasteiger partial charge on any atom is 0.231 e. The quantitative estimate of drug-likeness (QED) is 0.656. The van der Waals surface area contributed by atoms with Crippen molar-refractivity contribution in [3.8, 4) is 0 Å². The Labute approximate surface area is 97.5 Å². The van der Waals surface area contributed by atoms with Crippen molar-refractivity contribution in [3.63, 3.8) is 0 Å². The summed E-state index contributed by atoms with van der Waals surface area (Å²) in [6.07, 6.45) is 2.08. The third-order valence-corrected chi connectivity index (χ3v) is 3.06. The van der Waals surface area contributed by atoms with Gasteiger partial charge >= 0.3 is 0 Å². The lowest BCUT2D eigenvalue weighted by Gasteiger charge is -2.29. The maximum atomic E-state index is 7.97. The number of fused-ring (bicyclic) bond motifs is 3. The van der Waals surface area contributed by atoms with E-state index in [1.807, 2.05) is 13.8 Å². The highest BCUT2D eigenvalue weighted by Gasteiger charge is 2.31. The third-order valence-electron chi connectivity index (χ3n) is 3.06. The largest absolute Gasteiger partial charge is 0.440 e. The fourth-order valence-corrected chi connectivity index (χ4v) is 2.18. The van der Waals surface area contributed by atoms with E-state index in [1.54, 1.807) is 0 Å². The summed E-state index contributed by atoms with van der Waals surface area (Å²) in [5.74, 6) is 6.40. The molecule has 0 spiro atoms. The molecule has 1 aliphatic rings. The predicted molar refractivity (Wildman–Crippen MR) is 60.6 cm³/mol. The second-order valence-corrected chi connectivity index (χ2v) is 4.91. The first-order valence-corrected chi connectivity index (χ1v) is 5.43. The molecule has 3 heterocycles. The normalized spacial score (nSPS) is 18.2. The number of aromatic nitrogens is 2. The number of nitrogens with two attached hydrogens (primary N) is 1. The Hall–Kier alpha value is -1.82. The maximum absolute atomic E-state index is 7.97. The van der Waals surface area contributed by atoms with Gasteiger partial charge in [-0.15, -0.1) is 0 Å². The van der Waals surface area contributed by atoms with Crippen LogP contribution in [0.3, 0.4) is 0 Å². The van der Waals surface area contributed by atoms with E-state index < -0.39 is 0 Å². The molecule has 3 N–H and O–H groups in total. The van der Waals surface area contributed by atoms with E-state index in [0.717, 1.165) is 11.3 Å². The molecule has 17 heavy (non-hydrogen) atoms. The predicted octanol–water partition coefficient (Wildman–Crippen LogP) is 0.674. The summed E-state index contributed by atoms with van der Waals surface area (Å²) < 4.78 is 12.5. The highest BCUT2D eigenvalue weighted by molar-refractivity contribution is 5.77. The van der Waals surface area contributed by atoms with Crippen LogP contribution in [-0.2, 0) is 17.8 Å². The van der Waals surface area contributed by atoms with Crippen molar-refractivity contribution in [2.45, 2.75) is 32.5 Å². The third kappa shape index (κ3) is 1.44. The summed E-state index contributed by atoms with van der Waals surface area (Å²) in [6, 6.07) is 0. The molecule has 3 rings (SSSR count). The summed E-state index contributed by atoms with van der Waals surface area (Å²) in [5, 5.41) is 8.67. The smallest absolute Gasteiger partial charge is 0.231 e. The van der Waals surface area contributed by atoms with Gasteiger partial charge in [0.25, 0.3) is 0 Å². The van der Waals surface area contributed by atoms with E-state index in [2.05, 4.69) is 4.98 Å². The molecule has 0 aliphatic carbocycles. The lowest BCUT2D eigenvalue weighted by molar-refractivity contribution is -0.0476. The molecule has 0 bridgehead atoms. The molecule has 0 aromatic carbocycles. The first-order chi connectivity index (χ1) is 7.98. The van der Waals surface area contributed by atoms with Crippen LogP contribution in [0, 0.1) is 5.41 Å². The summed E-state index contributed by atoms with van der Waals surface area (Å²) in [7, 11) is 0. The van der Waals surface area contributed by atoms with Gasteiger partial charge in [-0.3, -0.25) is 5.41 Å². The van der Waals surface area contributed by atoms with E-state index in [1.165, 1.54) is 11.0 Å². The zero-order valence-electron chi connectivity index (χ0n) is 9.78. The molecule has 1 aliphatic heterocycles. The Bertz CT molecular complexity index is 653. The van der Waals surface area contributed by atoms with Crippen molar-refractivity contribution in [1.82, 2.24) is 9.66 Å². The Morgan fingerprint density at radius 3 is 3.06 bits per heavy atom. The molecule has 0 fully saturated rings. The fourth-order valence-electron chi connectivity index (χ4n) is 2.18. The number of nitrogens with one attached hydrogen (secondary N) is 1. The minimum Gasteiger partial charge on any atom is -0.440 e.